The Kier molecular flexibility index (Phi) is 2.59. The fourth-order valence-corrected chi connectivity index (χ4v) is 2.63. The predicted octanol–water partition coefficient (Wildman–Crippen LogP) is 3.71. The highest BCUT2D eigenvalue weighted by Gasteiger charge is 2.14. The van der Waals surface area contributed by atoms with Crippen molar-refractivity contribution in [1.82, 2.24) is 14.5 Å². The van der Waals surface area contributed by atoms with Crippen molar-refractivity contribution < 1.29 is 0 Å². The van der Waals surface area contributed by atoms with Crippen LogP contribution in [0.2, 0.25) is 0 Å². The minimum atomic E-state index is 0.257. The Hall–Kier alpha value is -1.90. The molecule has 0 bridgehead atoms. The number of fused-ring (bicyclic) bond motifs is 3. The van der Waals surface area contributed by atoms with Crippen molar-refractivity contribution in [3.8, 4) is 0 Å². The molecule has 3 nitrogen and oxygen atoms in total. The maximum absolute atomic E-state index is 4.61. The van der Waals surface area contributed by atoms with Crippen molar-refractivity contribution in [1.29, 1.82) is 0 Å². The molecular weight excluding hydrogens is 234 g/mol. The van der Waals surface area contributed by atoms with Crippen LogP contribution in [0.1, 0.15) is 26.5 Å². The van der Waals surface area contributed by atoms with Gasteiger partial charge in [-0.05, 0) is 24.0 Å². The summed E-state index contributed by atoms with van der Waals surface area (Å²) in [7, 11) is 2.10. The van der Waals surface area contributed by atoms with Gasteiger partial charge in [0, 0.05) is 42.1 Å². The van der Waals surface area contributed by atoms with E-state index in [1.807, 2.05) is 18.6 Å². The van der Waals surface area contributed by atoms with E-state index in [-0.39, 0.29) is 5.41 Å². The van der Waals surface area contributed by atoms with E-state index in [4.69, 9.17) is 0 Å². The van der Waals surface area contributed by atoms with Crippen molar-refractivity contribution in [3.05, 3.63) is 36.4 Å². The second kappa shape index (κ2) is 4.05. The Balaban J connectivity index is 2.23. The van der Waals surface area contributed by atoms with Crippen molar-refractivity contribution >= 4 is 21.8 Å². The molecule has 0 aliphatic heterocycles. The lowest BCUT2D eigenvalue weighted by molar-refractivity contribution is 0.406. The summed E-state index contributed by atoms with van der Waals surface area (Å²) in [6.07, 6.45) is 6.73. The first-order valence-electron chi connectivity index (χ1n) is 6.63. The average molecular weight is 253 g/mol. The molecule has 0 aliphatic carbocycles. The van der Waals surface area contributed by atoms with Crippen LogP contribution < -0.4 is 0 Å². The highest BCUT2D eigenvalue weighted by molar-refractivity contribution is 6.07. The van der Waals surface area contributed by atoms with E-state index in [9.17, 15) is 0 Å². The number of rotatable bonds is 1. The van der Waals surface area contributed by atoms with E-state index >= 15 is 0 Å². The monoisotopic (exact) mass is 253 g/mol. The first kappa shape index (κ1) is 12.2. The van der Waals surface area contributed by atoms with Gasteiger partial charge in [-0.2, -0.15) is 0 Å². The standard InChI is InChI=1S/C16H19N3/c1-16(2,3)8-11-7-15-13(10-18-11)12-9-17-6-5-14(12)19(15)4/h5-7,9-10H,8H2,1-4H3. The summed E-state index contributed by atoms with van der Waals surface area (Å²) in [5, 5.41) is 2.36. The molecule has 0 unspecified atom stereocenters. The van der Waals surface area contributed by atoms with Crippen LogP contribution in [0.3, 0.4) is 0 Å². The number of hydrogen-bond donors (Lipinski definition) is 0. The van der Waals surface area contributed by atoms with E-state index in [2.05, 4.69) is 54.5 Å². The Morgan fingerprint density at radius 2 is 1.84 bits per heavy atom. The molecule has 3 heteroatoms. The topological polar surface area (TPSA) is 30.7 Å². The van der Waals surface area contributed by atoms with Crippen molar-refractivity contribution in [2.75, 3.05) is 0 Å². The third-order valence-electron chi connectivity index (χ3n) is 3.46. The average Bonchev–Trinajstić information content (AvgIpc) is 2.62. The van der Waals surface area contributed by atoms with Gasteiger partial charge >= 0.3 is 0 Å². The predicted molar refractivity (Wildman–Crippen MR) is 79.2 cm³/mol. The van der Waals surface area contributed by atoms with Crippen LogP contribution in [0.5, 0.6) is 0 Å². The molecule has 0 aromatic carbocycles. The Morgan fingerprint density at radius 3 is 2.58 bits per heavy atom. The lowest BCUT2D eigenvalue weighted by atomic mass is 9.90. The van der Waals surface area contributed by atoms with E-state index in [1.54, 1.807) is 0 Å². The summed E-state index contributed by atoms with van der Waals surface area (Å²) in [6, 6.07) is 4.26. The van der Waals surface area contributed by atoms with Gasteiger partial charge in [0.15, 0.2) is 0 Å². The number of pyridine rings is 2. The molecule has 3 heterocycles. The maximum atomic E-state index is 4.61. The molecular formula is C16H19N3. The fraction of sp³-hybridized carbons (Fsp3) is 0.375. The molecule has 0 N–H and O–H groups in total. The molecule has 3 rings (SSSR count). The van der Waals surface area contributed by atoms with Crippen LogP contribution in [0, 0.1) is 5.41 Å². The third kappa shape index (κ3) is 2.09. The summed E-state index contributed by atoms with van der Waals surface area (Å²) < 4.78 is 2.22. The van der Waals surface area contributed by atoms with Crippen LogP contribution in [-0.2, 0) is 13.5 Å². The Labute approximate surface area is 113 Å². The smallest absolute Gasteiger partial charge is 0.0523 e. The van der Waals surface area contributed by atoms with Gasteiger partial charge in [-0.25, -0.2) is 0 Å². The van der Waals surface area contributed by atoms with Gasteiger partial charge in [-0.3, -0.25) is 9.97 Å². The zero-order chi connectivity index (χ0) is 13.6. The van der Waals surface area contributed by atoms with Gasteiger partial charge in [-0.15, -0.1) is 0 Å². The molecule has 0 aliphatic rings. The first-order chi connectivity index (χ1) is 8.96. The molecule has 3 aromatic rings. The van der Waals surface area contributed by atoms with Gasteiger partial charge in [0.2, 0.25) is 0 Å². The first-order valence-corrected chi connectivity index (χ1v) is 6.63. The van der Waals surface area contributed by atoms with E-state index in [1.165, 1.54) is 21.8 Å². The lowest BCUT2D eigenvalue weighted by Crippen LogP contribution is -2.10. The summed E-state index contributed by atoms with van der Waals surface area (Å²) >= 11 is 0. The van der Waals surface area contributed by atoms with Gasteiger partial charge in [0.25, 0.3) is 0 Å². The largest absolute Gasteiger partial charge is 0.343 e. The number of aromatic nitrogens is 3. The SMILES string of the molecule is Cn1c2ccncc2c2cnc(CC(C)(C)C)cc21. The lowest BCUT2D eigenvalue weighted by Gasteiger charge is -2.17. The van der Waals surface area contributed by atoms with E-state index in [0.717, 1.165) is 12.1 Å². The highest BCUT2D eigenvalue weighted by atomic mass is 14.9. The van der Waals surface area contributed by atoms with Gasteiger partial charge in [-0.1, -0.05) is 20.8 Å². The molecule has 98 valence electrons. The minimum absolute atomic E-state index is 0.257. The normalized spacial score (nSPS) is 12.4. The van der Waals surface area contributed by atoms with Crippen LogP contribution in [0.4, 0.5) is 0 Å². The van der Waals surface area contributed by atoms with Crippen molar-refractivity contribution in [3.63, 3.8) is 0 Å². The maximum Gasteiger partial charge on any atom is 0.0523 e. The van der Waals surface area contributed by atoms with Crippen molar-refractivity contribution in [2.24, 2.45) is 12.5 Å². The second-order valence-electron chi connectivity index (χ2n) is 6.38. The van der Waals surface area contributed by atoms with Crippen LogP contribution in [0.15, 0.2) is 30.7 Å². The van der Waals surface area contributed by atoms with Crippen molar-refractivity contribution in [2.45, 2.75) is 27.2 Å². The molecule has 0 amide bonds. The molecule has 0 radical (unpaired) electrons. The minimum Gasteiger partial charge on any atom is -0.343 e. The van der Waals surface area contributed by atoms with E-state index < -0.39 is 0 Å². The second-order valence-corrected chi connectivity index (χ2v) is 6.38. The molecule has 0 fully saturated rings. The Bertz CT molecular complexity index is 748. The van der Waals surface area contributed by atoms with Gasteiger partial charge in [0.1, 0.15) is 0 Å². The molecule has 0 saturated heterocycles. The molecule has 0 atom stereocenters. The van der Waals surface area contributed by atoms with Gasteiger partial charge in [0.05, 0.1) is 11.0 Å². The summed E-state index contributed by atoms with van der Waals surface area (Å²) in [5.74, 6) is 0. The highest BCUT2D eigenvalue weighted by Crippen LogP contribution is 2.28. The molecule has 0 spiro atoms. The van der Waals surface area contributed by atoms with Crippen LogP contribution >= 0.6 is 0 Å². The zero-order valence-corrected chi connectivity index (χ0v) is 11.9. The Morgan fingerprint density at radius 1 is 1.11 bits per heavy atom. The number of nitrogens with zero attached hydrogens (tertiary/aromatic N) is 3. The molecule has 3 aromatic heterocycles. The fourth-order valence-electron chi connectivity index (χ4n) is 2.63. The van der Waals surface area contributed by atoms with E-state index in [0.29, 0.717) is 0 Å². The molecule has 0 saturated carbocycles. The zero-order valence-electron chi connectivity index (χ0n) is 11.9. The summed E-state index contributed by atoms with van der Waals surface area (Å²) in [5.41, 5.74) is 3.85. The number of aryl methyl sites for hydroxylation is 1. The molecule has 19 heavy (non-hydrogen) atoms. The summed E-state index contributed by atoms with van der Waals surface area (Å²) in [4.78, 5) is 8.83. The summed E-state index contributed by atoms with van der Waals surface area (Å²) in [6.45, 7) is 6.72. The van der Waals surface area contributed by atoms with Crippen LogP contribution in [0.25, 0.3) is 21.8 Å². The van der Waals surface area contributed by atoms with Crippen LogP contribution in [-0.4, -0.2) is 14.5 Å². The van der Waals surface area contributed by atoms with Gasteiger partial charge < -0.3 is 4.57 Å². The quantitative estimate of drug-likeness (QED) is 0.662. The number of hydrogen-bond acceptors (Lipinski definition) is 2. The third-order valence-corrected chi connectivity index (χ3v) is 3.46.